The molecule has 0 bridgehead atoms. The largest absolute Gasteiger partial charge is 0.496 e. The summed E-state index contributed by atoms with van der Waals surface area (Å²) in [6.07, 6.45) is 4.04. The lowest BCUT2D eigenvalue weighted by atomic mass is 9.90. The summed E-state index contributed by atoms with van der Waals surface area (Å²) >= 11 is 1.61. The molecule has 25 heavy (non-hydrogen) atoms. The van der Waals surface area contributed by atoms with Crippen LogP contribution in [0.15, 0.2) is 35.8 Å². The molecule has 0 spiro atoms. The van der Waals surface area contributed by atoms with E-state index in [0.717, 1.165) is 43.2 Å². The van der Waals surface area contributed by atoms with Gasteiger partial charge in [0.15, 0.2) is 0 Å². The van der Waals surface area contributed by atoms with Gasteiger partial charge in [-0.1, -0.05) is 18.2 Å². The molecule has 2 aromatic rings. The first-order valence-corrected chi connectivity index (χ1v) is 9.56. The predicted octanol–water partition coefficient (Wildman–Crippen LogP) is 3.24. The van der Waals surface area contributed by atoms with Gasteiger partial charge in [0.25, 0.3) is 0 Å². The number of piperidine rings is 1. The van der Waals surface area contributed by atoms with Crippen LogP contribution < -0.4 is 10.1 Å². The molecule has 134 valence electrons. The fraction of sp³-hybridized carbons (Fsp3) is 0.474. The van der Waals surface area contributed by atoms with E-state index in [9.17, 15) is 4.79 Å². The molecule has 2 heterocycles. The molecule has 1 fully saturated rings. The lowest BCUT2D eigenvalue weighted by Gasteiger charge is -2.36. The Morgan fingerprint density at radius 2 is 2.32 bits per heavy atom. The van der Waals surface area contributed by atoms with Gasteiger partial charge >= 0.3 is 0 Å². The SMILES string of the molecule is COc1ccccc1CN1CCC[C@H]([C@H](NC(C)=O)c2nccs2)C1. The summed E-state index contributed by atoms with van der Waals surface area (Å²) in [5, 5.41) is 6.09. The highest BCUT2D eigenvalue weighted by atomic mass is 32.1. The zero-order chi connectivity index (χ0) is 17.6. The van der Waals surface area contributed by atoms with Crippen molar-refractivity contribution in [2.24, 2.45) is 5.92 Å². The number of nitrogens with zero attached hydrogens (tertiary/aromatic N) is 2. The minimum Gasteiger partial charge on any atom is -0.496 e. The highest BCUT2D eigenvalue weighted by Crippen LogP contribution is 2.32. The van der Waals surface area contributed by atoms with Gasteiger partial charge in [-0.15, -0.1) is 11.3 Å². The minimum atomic E-state index is -0.00188. The molecule has 0 saturated carbocycles. The smallest absolute Gasteiger partial charge is 0.217 e. The molecule has 0 aliphatic carbocycles. The number of aromatic nitrogens is 1. The Kier molecular flexibility index (Phi) is 6.04. The minimum absolute atomic E-state index is 0.00188. The van der Waals surface area contributed by atoms with E-state index in [-0.39, 0.29) is 11.9 Å². The van der Waals surface area contributed by atoms with Gasteiger partial charge in [-0.2, -0.15) is 0 Å². The Labute approximate surface area is 153 Å². The zero-order valence-electron chi connectivity index (χ0n) is 14.8. The fourth-order valence-corrected chi connectivity index (χ4v) is 4.35. The molecule has 1 aromatic heterocycles. The van der Waals surface area contributed by atoms with Crippen LogP contribution in [0.25, 0.3) is 0 Å². The van der Waals surface area contributed by atoms with Crippen LogP contribution >= 0.6 is 11.3 Å². The third kappa shape index (κ3) is 4.58. The van der Waals surface area contributed by atoms with Gasteiger partial charge in [0.1, 0.15) is 10.8 Å². The van der Waals surface area contributed by atoms with Crippen LogP contribution in [0, 0.1) is 5.92 Å². The van der Waals surface area contributed by atoms with Crippen LogP contribution in [0.2, 0.25) is 0 Å². The second-order valence-electron chi connectivity index (χ2n) is 6.50. The molecule has 0 unspecified atom stereocenters. The number of methoxy groups -OCH3 is 1. The molecule has 1 aliphatic heterocycles. The van der Waals surface area contributed by atoms with E-state index in [2.05, 4.69) is 27.3 Å². The van der Waals surface area contributed by atoms with Crippen molar-refractivity contribution in [3.8, 4) is 5.75 Å². The van der Waals surface area contributed by atoms with E-state index in [4.69, 9.17) is 4.74 Å². The molecule has 1 saturated heterocycles. The lowest BCUT2D eigenvalue weighted by molar-refractivity contribution is -0.120. The maximum atomic E-state index is 11.7. The molecule has 2 atom stereocenters. The summed E-state index contributed by atoms with van der Waals surface area (Å²) in [7, 11) is 1.72. The summed E-state index contributed by atoms with van der Waals surface area (Å²) in [4.78, 5) is 18.6. The zero-order valence-corrected chi connectivity index (χ0v) is 15.6. The number of rotatable bonds is 6. The first kappa shape index (κ1) is 17.9. The second-order valence-corrected chi connectivity index (χ2v) is 7.42. The van der Waals surface area contributed by atoms with Crippen molar-refractivity contribution in [2.75, 3.05) is 20.2 Å². The van der Waals surface area contributed by atoms with Gasteiger partial charge in [0.2, 0.25) is 5.91 Å². The van der Waals surface area contributed by atoms with Gasteiger partial charge in [-0.05, 0) is 31.4 Å². The topological polar surface area (TPSA) is 54.5 Å². The van der Waals surface area contributed by atoms with Crippen molar-refractivity contribution in [3.05, 3.63) is 46.4 Å². The molecular formula is C19H25N3O2S. The average Bonchev–Trinajstić information content (AvgIpc) is 3.14. The Morgan fingerprint density at radius 3 is 3.04 bits per heavy atom. The Morgan fingerprint density at radius 1 is 1.48 bits per heavy atom. The number of para-hydroxylation sites is 1. The predicted molar refractivity (Wildman–Crippen MR) is 99.7 cm³/mol. The fourth-order valence-electron chi connectivity index (χ4n) is 3.57. The van der Waals surface area contributed by atoms with Crippen LogP contribution in [0.5, 0.6) is 5.75 Å². The number of ether oxygens (including phenoxy) is 1. The van der Waals surface area contributed by atoms with Gasteiger partial charge in [0, 0.05) is 37.2 Å². The van der Waals surface area contributed by atoms with Gasteiger partial charge in [-0.25, -0.2) is 4.98 Å². The standard InChI is InChI=1S/C19H25N3O2S/c1-14(23)21-18(19-20-9-11-25-19)16-7-5-10-22(13-16)12-15-6-3-4-8-17(15)24-2/h3-4,6,8-9,11,16,18H,5,7,10,12-13H2,1-2H3,(H,21,23)/t16-,18-/m0/s1. The highest BCUT2D eigenvalue weighted by Gasteiger charge is 2.30. The quantitative estimate of drug-likeness (QED) is 0.860. The van der Waals surface area contributed by atoms with Crippen LogP contribution in [0.4, 0.5) is 0 Å². The van der Waals surface area contributed by atoms with E-state index in [1.165, 1.54) is 5.56 Å². The number of thiazole rings is 1. The molecule has 1 aliphatic rings. The maximum Gasteiger partial charge on any atom is 0.217 e. The third-order valence-electron chi connectivity index (χ3n) is 4.68. The van der Waals surface area contributed by atoms with Crippen LogP contribution in [0.3, 0.4) is 0 Å². The van der Waals surface area contributed by atoms with Gasteiger partial charge in [0.05, 0.1) is 13.2 Å². The van der Waals surface area contributed by atoms with Crippen molar-refractivity contribution >= 4 is 17.2 Å². The number of hydrogen-bond acceptors (Lipinski definition) is 5. The normalized spacial score (nSPS) is 19.4. The van der Waals surface area contributed by atoms with Crippen molar-refractivity contribution in [3.63, 3.8) is 0 Å². The third-order valence-corrected chi connectivity index (χ3v) is 5.53. The number of carbonyl (C=O) groups is 1. The molecular weight excluding hydrogens is 334 g/mol. The second kappa shape index (κ2) is 8.45. The highest BCUT2D eigenvalue weighted by molar-refractivity contribution is 7.09. The first-order valence-electron chi connectivity index (χ1n) is 8.68. The van der Waals surface area contributed by atoms with E-state index in [1.807, 2.05) is 23.7 Å². The van der Waals surface area contributed by atoms with E-state index >= 15 is 0 Å². The van der Waals surface area contributed by atoms with Gasteiger partial charge in [-0.3, -0.25) is 9.69 Å². The lowest BCUT2D eigenvalue weighted by Crippen LogP contribution is -2.42. The summed E-state index contributed by atoms with van der Waals surface area (Å²) in [5.74, 6) is 1.31. The summed E-state index contributed by atoms with van der Waals surface area (Å²) in [6, 6.07) is 8.17. The van der Waals surface area contributed by atoms with Crippen molar-refractivity contribution in [2.45, 2.75) is 32.4 Å². The van der Waals surface area contributed by atoms with Crippen molar-refractivity contribution in [1.29, 1.82) is 0 Å². The van der Waals surface area contributed by atoms with Crippen LogP contribution in [0.1, 0.15) is 36.4 Å². The number of hydrogen-bond donors (Lipinski definition) is 1. The van der Waals surface area contributed by atoms with Gasteiger partial charge < -0.3 is 10.1 Å². The average molecular weight is 359 g/mol. The molecule has 0 radical (unpaired) electrons. The molecule has 6 heteroatoms. The Hall–Kier alpha value is -1.92. The maximum absolute atomic E-state index is 11.7. The molecule has 1 N–H and O–H groups in total. The summed E-state index contributed by atoms with van der Waals surface area (Å²) in [6.45, 7) is 4.46. The van der Waals surface area contributed by atoms with E-state index in [1.54, 1.807) is 25.4 Å². The summed E-state index contributed by atoms with van der Waals surface area (Å²) < 4.78 is 5.48. The molecule has 3 rings (SSSR count). The Balaban J connectivity index is 1.72. The molecule has 1 aromatic carbocycles. The number of nitrogens with one attached hydrogen (secondary N) is 1. The van der Waals surface area contributed by atoms with E-state index in [0.29, 0.717) is 5.92 Å². The van der Waals surface area contributed by atoms with E-state index < -0.39 is 0 Å². The van der Waals surface area contributed by atoms with Crippen LogP contribution in [-0.2, 0) is 11.3 Å². The van der Waals surface area contributed by atoms with Crippen LogP contribution in [-0.4, -0.2) is 36.0 Å². The number of benzene rings is 1. The monoisotopic (exact) mass is 359 g/mol. The van der Waals surface area contributed by atoms with Crippen molar-refractivity contribution < 1.29 is 9.53 Å². The number of amides is 1. The number of likely N-dealkylation sites (tertiary alicyclic amines) is 1. The molecule has 1 amide bonds. The first-order chi connectivity index (χ1) is 12.2. The summed E-state index contributed by atoms with van der Waals surface area (Å²) in [5.41, 5.74) is 1.20. The number of carbonyl (C=O) groups excluding carboxylic acids is 1. The Bertz CT molecular complexity index is 690. The molecule has 5 nitrogen and oxygen atoms in total. The van der Waals surface area contributed by atoms with Crippen molar-refractivity contribution in [1.82, 2.24) is 15.2 Å².